The fraction of sp³-hybridized carbons (Fsp3) is 0.308. The van der Waals surface area contributed by atoms with Crippen LogP contribution in [0.2, 0.25) is 0 Å². The third kappa shape index (κ3) is 5.01. The van der Waals surface area contributed by atoms with Gasteiger partial charge in [0.25, 0.3) is 5.69 Å². The Kier molecular flexibility index (Phi) is 5.53. The fourth-order valence-corrected chi connectivity index (χ4v) is 1.54. The van der Waals surface area contributed by atoms with Gasteiger partial charge >= 0.3 is 0 Å². The molecule has 0 amide bonds. The molecule has 0 atom stereocenters. The van der Waals surface area contributed by atoms with Crippen LogP contribution in [0.5, 0.6) is 0 Å². The van der Waals surface area contributed by atoms with Crippen LogP contribution in [-0.2, 0) is 4.79 Å². The SMILES string of the molecule is CC(=O)C(=N/Nc1ccc([N+](=O)[O-])cc1)/C(C)=N\N(C)C. The second kappa shape index (κ2) is 7.13. The van der Waals surface area contributed by atoms with Crippen molar-refractivity contribution in [3.8, 4) is 0 Å². The Morgan fingerprint density at radius 3 is 2.24 bits per heavy atom. The molecule has 0 aliphatic heterocycles. The third-order valence-corrected chi connectivity index (χ3v) is 2.40. The lowest BCUT2D eigenvalue weighted by molar-refractivity contribution is -0.384. The molecular weight excluding hydrogens is 274 g/mol. The summed E-state index contributed by atoms with van der Waals surface area (Å²) in [5, 5.41) is 20.2. The lowest BCUT2D eigenvalue weighted by Crippen LogP contribution is -2.23. The summed E-state index contributed by atoms with van der Waals surface area (Å²) in [7, 11) is 3.48. The molecule has 1 aromatic rings. The number of nitro groups is 1. The van der Waals surface area contributed by atoms with Crippen LogP contribution in [0.25, 0.3) is 0 Å². The average molecular weight is 291 g/mol. The van der Waals surface area contributed by atoms with Crippen LogP contribution < -0.4 is 5.43 Å². The van der Waals surface area contributed by atoms with E-state index in [9.17, 15) is 14.9 Å². The van der Waals surface area contributed by atoms with Gasteiger partial charge in [-0.3, -0.25) is 20.3 Å². The highest BCUT2D eigenvalue weighted by Gasteiger charge is 2.11. The first-order chi connectivity index (χ1) is 9.81. The number of nitrogens with zero attached hydrogens (tertiary/aromatic N) is 4. The van der Waals surface area contributed by atoms with Crippen molar-refractivity contribution in [2.45, 2.75) is 13.8 Å². The second-order valence-corrected chi connectivity index (χ2v) is 4.47. The second-order valence-electron chi connectivity index (χ2n) is 4.47. The average Bonchev–Trinajstić information content (AvgIpc) is 2.38. The van der Waals surface area contributed by atoms with Crippen molar-refractivity contribution in [1.82, 2.24) is 5.01 Å². The molecule has 112 valence electrons. The Hall–Kier alpha value is -2.77. The number of carbonyl (C=O) groups is 1. The molecule has 8 nitrogen and oxygen atoms in total. The van der Waals surface area contributed by atoms with Crippen molar-refractivity contribution in [2.75, 3.05) is 19.5 Å². The van der Waals surface area contributed by atoms with Crippen molar-refractivity contribution in [2.24, 2.45) is 10.2 Å². The topological polar surface area (TPSA) is 100 Å². The molecule has 1 rings (SSSR count). The zero-order chi connectivity index (χ0) is 16.0. The van der Waals surface area contributed by atoms with Crippen LogP contribution in [0.1, 0.15) is 13.8 Å². The zero-order valence-corrected chi connectivity index (χ0v) is 12.3. The maximum atomic E-state index is 11.6. The van der Waals surface area contributed by atoms with Crippen LogP contribution in [0.15, 0.2) is 34.5 Å². The van der Waals surface area contributed by atoms with Crippen LogP contribution in [0.4, 0.5) is 11.4 Å². The number of nitrogens with one attached hydrogen (secondary N) is 1. The number of hydrogen-bond donors (Lipinski definition) is 1. The monoisotopic (exact) mass is 291 g/mol. The molecule has 0 unspecified atom stereocenters. The molecule has 0 aromatic heterocycles. The number of non-ortho nitro benzene ring substituents is 1. The van der Waals surface area contributed by atoms with Gasteiger partial charge in [-0.2, -0.15) is 10.2 Å². The zero-order valence-electron chi connectivity index (χ0n) is 12.3. The van der Waals surface area contributed by atoms with Gasteiger partial charge in [-0.05, 0) is 19.1 Å². The number of ketones is 1. The van der Waals surface area contributed by atoms with Gasteiger partial charge in [-0.1, -0.05) is 0 Å². The predicted molar refractivity (Wildman–Crippen MR) is 81.6 cm³/mol. The van der Waals surface area contributed by atoms with Crippen LogP contribution >= 0.6 is 0 Å². The molecule has 0 heterocycles. The fourth-order valence-electron chi connectivity index (χ4n) is 1.54. The quantitative estimate of drug-likeness (QED) is 0.490. The summed E-state index contributed by atoms with van der Waals surface area (Å²) in [6.45, 7) is 3.07. The number of nitro benzene ring substituents is 1. The standard InChI is InChI=1S/C13H17N5O3/c1-9(16-17(3)4)13(10(2)19)15-14-11-5-7-12(8-6-11)18(20)21/h5-8,14H,1-4H3/b15-13+,16-9-. The molecule has 1 aromatic carbocycles. The number of Topliss-reactive ketones (excluding diaryl/α,β-unsaturated/α-hetero) is 1. The molecule has 0 spiro atoms. The van der Waals surface area contributed by atoms with Crippen molar-refractivity contribution >= 4 is 28.6 Å². The van der Waals surface area contributed by atoms with E-state index in [-0.39, 0.29) is 17.2 Å². The van der Waals surface area contributed by atoms with E-state index in [4.69, 9.17) is 0 Å². The summed E-state index contributed by atoms with van der Waals surface area (Å²) in [5.74, 6) is -0.229. The van der Waals surface area contributed by atoms with E-state index in [1.165, 1.54) is 31.2 Å². The number of hydrogen-bond acceptors (Lipinski definition) is 7. The Morgan fingerprint density at radius 2 is 1.81 bits per heavy atom. The molecule has 0 saturated heterocycles. The van der Waals surface area contributed by atoms with E-state index in [1.54, 1.807) is 26.0 Å². The summed E-state index contributed by atoms with van der Waals surface area (Å²) in [6.07, 6.45) is 0. The largest absolute Gasteiger partial charge is 0.303 e. The van der Waals surface area contributed by atoms with Crippen molar-refractivity contribution in [3.63, 3.8) is 0 Å². The summed E-state index contributed by atoms with van der Waals surface area (Å²) in [5.41, 5.74) is 3.89. The number of carbonyl (C=O) groups excluding carboxylic acids is 1. The van der Waals surface area contributed by atoms with Gasteiger partial charge in [-0.15, -0.1) is 0 Å². The van der Waals surface area contributed by atoms with Crippen LogP contribution in [0.3, 0.4) is 0 Å². The Bertz CT molecular complexity index is 590. The molecule has 21 heavy (non-hydrogen) atoms. The minimum Gasteiger partial charge on any atom is -0.303 e. The molecule has 8 heteroatoms. The molecule has 0 aliphatic carbocycles. The molecule has 1 N–H and O–H groups in total. The molecule has 0 fully saturated rings. The lowest BCUT2D eigenvalue weighted by atomic mass is 10.2. The number of hydrazone groups is 2. The highest BCUT2D eigenvalue weighted by Crippen LogP contribution is 2.15. The maximum Gasteiger partial charge on any atom is 0.269 e. The first kappa shape index (κ1) is 16.3. The number of rotatable bonds is 6. The van der Waals surface area contributed by atoms with Gasteiger partial charge < -0.3 is 5.01 Å². The lowest BCUT2D eigenvalue weighted by Gasteiger charge is -2.08. The molecular formula is C13H17N5O3. The highest BCUT2D eigenvalue weighted by molar-refractivity contribution is 6.66. The minimum absolute atomic E-state index is 0.0123. The van der Waals surface area contributed by atoms with Gasteiger partial charge in [0.05, 0.1) is 16.3 Å². The van der Waals surface area contributed by atoms with Crippen molar-refractivity contribution in [3.05, 3.63) is 34.4 Å². The van der Waals surface area contributed by atoms with Crippen LogP contribution in [-0.4, -0.2) is 41.2 Å². The first-order valence-electron chi connectivity index (χ1n) is 6.13. The van der Waals surface area contributed by atoms with E-state index in [1.807, 2.05) is 0 Å². The minimum atomic E-state index is -0.484. The molecule has 0 aliphatic rings. The van der Waals surface area contributed by atoms with Crippen molar-refractivity contribution < 1.29 is 9.72 Å². The van der Waals surface area contributed by atoms with E-state index in [2.05, 4.69) is 15.6 Å². The van der Waals surface area contributed by atoms with Crippen molar-refractivity contribution in [1.29, 1.82) is 0 Å². The van der Waals surface area contributed by atoms with E-state index >= 15 is 0 Å². The Balaban J connectivity index is 2.93. The van der Waals surface area contributed by atoms with E-state index in [0.29, 0.717) is 11.4 Å². The van der Waals surface area contributed by atoms with E-state index < -0.39 is 4.92 Å². The molecule has 0 radical (unpaired) electrons. The Labute approximate surface area is 122 Å². The first-order valence-corrected chi connectivity index (χ1v) is 6.13. The summed E-state index contributed by atoms with van der Waals surface area (Å²) in [6, 6.07) is 5.73. The van der Waals surface area contributed by atoms with Gasteiger partial charge in [0.15, 0.2) is 5.78 Å². The summed E-state index contributed by atoms with van der Waals surface area (Å²) < 4.78 is 0. The smallest absolute Gasteiger partial charge is 0.269 e. The highest BCUT2D eigenvalue weighted by atomic mass is 16.6. The summed E-state index contributed by atoms with van der Waals surface area (Å²) >= 11 is 0. The maximum absolute atomic E-state index is 11.6. The van der Waals surface area contributed by atoms with E-state index in [0.717, 1.165) is 0 Å². The predicted octanol–water partition coefficient (Wildman–Crippen LogP) is 1.89. The van der Waals surface area contributed by atoms with Gasteiger partial charge in [0, 0.05) is 33.2 Å². The van der Waals surface area contributed by atoms with Crippen LogP contribution in [0, 0.1) is 10.1 Å². The van der Waals surface area contributed by atoms with Gasteiger partial charge in [0.2, 0.25) is 0 Å². The van der Waals surface area contributed by atoms with Gasteiger partial charge in [0.1, 0.15) is 5.71 Å². The Morgan fingerprint density at radius 1 is 1.24 bits per heavy atom. The third-order valence-electron chi connectivity index (χ3n) is 2.40. The summed E-state index contributed by atoms with van der Waals surface area (Å²) in [4.78, 5) is 21.6. The number of benzene rings is 1. The molecule has 0 saturated carbocycles. The number of anilines is 1. The molecule has 0 bridgehead atoms. The normalized spacial score (nSPS) is 12.0. The van der Waals surface area contributed by atoms with Gasteiger partial charge in [-0.25, -0.2) is 0 Å².